The summed E-state index contributed by atoms with van der Waals surface area (Å²) in [6.07, 6.45) is 0. The first kappa shape index (κ1) is 13.8. The van der Waals surface area contributed by atoms with Gasteiger partial charge in [-0.25, -0.2) is 9.97 Å². The molecule has 0 radical (unpaired) electrons. The van der Waals surface area contributed by atoms with E-state index in [4.69, 9.17) is 16.3 Å². The number of carbonyl (C=O) groups is 1. The number of carboxylic acids is 1. The summed E-state index contributed by atoms with van der Waals surface area (Å²) in [5.74, 6) is -0.132. The second kappa shape index (κ2) is 4.50. The first-order valence-electron chi connectivity index (χ1n) is 7.22. The molecule has 3 aliphatic heterocycles. The van der Waals surface area contributed by atoms with Gasteiger partial charge in [-0.3, -0.25) is 9.69 Å². The van der Waals surface area contributed by atoms with Gasteiger partial charge in [0.15, 0.2) is 16.2 Å². The summed E-state index contributed by atoms with van der Waals surface area (Å²) in [5.41, 5.74) is 1.55. The highest BCUT2D eigenvalue weighted by Crippen LogP contribution is 2.50. The fourth-order valence-corrected chi connectivity index (χ4v) is 4.81. The molecule has 10 heteroatoms. The molecule has 3 saturated heterocycles. The molecule has 120 valence electrons. The van der Waals surface area contributed by atoms with Crippen LogP contribution in [0.2, 0.25) is 5.28 Å². The Hall–Kier alpha value is -1.55. The van der Waals surface area contributed by atoms with E-state index in [1.54, 1.807) is 5.51 Å². The second-order valence-corrected chi connectivity index (χ2v) is 7.22. The molecule has 1 N–H and O–H groups in total. The third kappa shape index (κ3) is 1.73. The average Bonchev–Trinajstić information content (AvgIpc) is 2.98. The Balaban J connectivity index is 1.56. The summed E-state index contributed by atoms with van der Waals surface area (Å²) in [6.45, 7) is 1.99. The number of nitrogens with zero attached hydrogens (tertiary/aromatic N) is 5. The lowest BCUT2D eigenvalue weighted by Crippen LogP contribution is -2.50. The van der Waals surface area contributed by atoms with Crippen LogP contribution in [-0.4, -0.2) is 74.9 Å². The highest BCUT2D eigenvalue weighted by molar-refractivity contribution is 7.16. The first-order chi connectivity index (χ1) is 11.1. The van der Waals surface area contributed by atoms with Crippen molar-refractivity contribution in [1.29, 1.82) is 0 Å². The lowest BCUT2D eigenvalue weighted by molar-refractivity contribution is -0.146. The first-order valence-corrected chi connectivity index (χ1v) is 8.48. The zero-order chi connectivity index (χ0) is 15.8. The molecule has 5 rings (SSSR count). The Morgan fingerprint density at radius 2 is 2.35 bits per heavy atom. The van der Waals surface area contributed by atoms with Crippen molar-refractivity contribution in [3.63, 3.8) is 0 Å². The summed E-state index contributed by atoms with van der Waals surface area (Å²) in [7, 11) is 0. The Bertz CT molecular complexity index is 831. The van der Waals surface area contributed by atoms with Gasteiger partial charge >= 0.3 is 5.97 Å². The number of halogens is 1. The van der Waals surface area contributed by atoms with Crippen LogP contribution in [0.15, 0.2) is 5.51 Å². The van der Waals surface area contributed by atoms with Crippen LogP contribution < -0.4 is 4.90 Å². The van der Waals surface area contributed by atoms with Gasteiger partial charge in [-0.2, -0.15) is 4.98 Å². The van der Waals surface area contributed by atoms with E-state index in [0.29, 0.717) is 31.0 Å². The largest absolute Gasteiger partial charge is 0.480 e. The molecule has 2 aromatic heterocycles. The quantitative estimate of drug-likeness (QED) is 0.615. The third-order valence-electron chi connectivity index (χ3n) is 4.95. The van der Waals surface area contributed by atoms with Crippen molar-refractivity contribution in [3.8, 4) is 0 Å². The SMILES string of the molecule is O=C(O)C12COCC3CN(c4nc(Cl)nc5scnc45)CC1N32. The molecule has 3 fully saturated rings. The number of hydrogen-bond acceptors (Lipinski definition) is 8. The summed E-state index contributed by atoms with van der Waals surface area (Å²) in [5, 5.41) is 9.81. The molecular weight excluding hydrogens is 342 g/mol. The zero-order valence-corrected chi connectivity index (χ0v) is 13.4. The Morgan fingerprint density at radius 1 is 1.48 bits per heavy atom. The van der Waals surface area contributed by atoms with E-state index in [1.807, 2.05) is 0 Å². The van der Waals surface area contributed by atoms with E-state index in [-0.39, 0.29) is 24.0 Å². The fraction of sp³-hybridized carbons (Fsp3) is 0.538. The minimum Gasteiger partial charge on any atom is -0.480 e. The Labute approximate surface area is 139 Å². The lowest BCUT2D eigenvalue weighted by Gasteiger charge is -2.35. The van der Waals surface area contributed by atoms with Gasteiger partial charge in [0, 0.05) is 13.1 Å². The van der Waals surface area contributed by atoms with Crippen LogP contribution in [0.5, 0.6) is 0 Å². The minimum absolute atomic E-state index is 0.0426. The summed E-state index contributed by atoms with van der Waals surface area (Å²) < 4.78 is 5.56. The number of hydrogen-bond donors (Lipinski definition) is 1. The van der Waals surface area contributed by atoms with Crippen LogP contribution in [0, 0.1) is 0 Å². The number of carboxylic acid groups (broad SMARTS) is 1. The average molecular weight is 354 g/mol. The lowest BCUT2D eigenvalue weighted by atomic mass is 10.1. The van der Waals surface area contributed by atoms with Crippen LogP contribution in [-0.2, 0) is 9.53 Å². The maximum Gasteiger partial charge on any atom is 0.328 e. The highest BCUT2D eigenvalue weighted by atomic mass is 35.5. The van der Waals surface area contributed by atoms with E-state index in [1.165, 1.54) is 11.3 Å². The Morgan fingerprint density at radius 3 is 3.17 bits per heavy atom. The summed E-state index contributed by atoms with van der Waals surface area (Å²) >= 11 is 7.45. The van der Waals surface area contributed by atoms with Crippen LogP contribution in [0.1, 0.15) is 0 Å². The molecule has 3 aliphatic rings. The van der Waals surface area contributed by atoms with Crippen molar-refractivity contribution in [2.75, 3.05) is 31.2 Å². The number of aliphatic carboxylic acids is 1. The van der Waals surface area contributed by atoms with Crippen molar-refractivity contribution < 1.29 is 14.6 Å². The fourth-order valence-electron chi connectivity index (χ4n) is 3.95. The molecule has 2 aromatic rings. The van der Waals surface area contributed by atoms with Gasteiger partial charge in [-0.15, -0.1) is 11.3 Å². The van der Waals surface area contributed by atoms with E-state index in [2.05, 4.69) is 24.8 Å². The molecule has 0 amide bonds. The standard InChI is InChI=1S/C13H12ClN5O3S/c14-12-16-9(8-10(17-12)23-5-15-8)18-1-6-3-22-4-13(11(20)21)7(2-18)19(6)13/h5-7H,1-4H2,(H,20,21). The number of fused-ring (bicyclic) bond motifs is 2. The maximum absolute atomic E-state index is 11.7. The van der Waals surface area contributed by atoms with Crippen LogP contribution in [0.4, 0.5) is 5.82 Å². The molecule has 0 bridgehead atoms. The van der Waals surface area contributed by atoms with Crippen LogP contribution in [0.25, 0.3) is 10.3 Å². The normalized spacial score (nSPS) is 35.2. The van der Waals surface area contributed by atoms with E-state index >= 15 is 0 Å². The van der Waals surface area contributed by atoms with Crippen molar-refractivity contribution >= 4 is 45.1 Å². The van der Waals surface area contributed by atoms with Crippen LogP contribution in [0.3, 0.4) is 0 Å². The van der Waals surface area contributed by atoms with Crippen molar-refractivity contribution in [2.45, 2.75) is 17.6 Å². The number of aromatic nitrogens is 3. The van der Waals surface area contributed by atoms with E-state index < -0.39 is 11.5 Å². The van der Waals surface area contributed by atoms with Gasteiger partial charge in [0.05, 0.1) is 30.8 Å². The minimum atomic E-state index is -0.879. The number of ether oxygens (including phenoxy) is 1. The van der Waals surface area contributed by atoms with Crippen molar-refractivity contribution in [1.82, 2.24) is 19.9 Å². The predicted molar refractivity (Wildman–Crippen MR) is 83.0 cm³/mol. The molecule has 23 heavy (non-hydrogen) atoms. The summed E-state index contributed by atoms with van der Waals surface area (Å²) in [6, 6.07) is -0.0234. The molecular formula is C13H12ClN5O3S. The molecule has 0 aromatic carbocycles. The molecule has 0 spiro atoms. The number of thiazole rings is 1. The molecule has 4 atom stereocenters. The van der Waals surface area contributed by atoms with Gasteiger partial charge in [-0.05, 0) is 11.6 Å². The molecule has 0 aliphatic carbocycles. The predicted octanol–water partition coefficient (Wildman–Crippen LogP) is 0.466. The van der Waals surface area contributed by atoms with Gasteiger partial charge in [-0.1, -0.05) is 0 Å². The monoisotopic (exact) mass is 353 g/mol. The zero-order valence-electron chi connectivity index (χ0n) is 11.8. The number of anilines is 1. The van der Waals surface area contributed by atoms with E-state index in [0.717, 1.165) is 4.83 Å². The number of rotatable bonds is 2. The second-order valence-electron chi connectivity index (χ2n) is 6.05. The van der Waals surface area contributed by atoms with Gasteiger partial charge in [0.2, 0.25) is 5.28 Å². The molecule has 8 nitrogen and oxygen atoms in total. The van der Waals surface area contributed by atoms with Gasteiger partial charge < -0.3 is 14.7 Å². The van der Waals surface area contributed by atoms with Gasteiger partial charge in [0.1, 0.15) is 5.52 Å². The van der Waals surface area contributed by atoms with Gasteiger partial charge in [0.25, 0.3) is 0 Å². The molecule has 4 unspecified atom stereocenters. The van der Waals surface area contributed by atoms with Crippen LogP contribution >= 0.6 is 22.9 Å². The summed E-state index contributed by atoms with van der Waals surface area (Å²) in [4.78, 5) is 29.5. The van der Waals surface area contributed by atoms with Crippen molar-refractivity contribution in [2.24, 2.45) is 0 Å². The molecule has 5 heterocycles. The number of morpholine rings is 1. The topological polar surface area (TPSA) is 91.5 Å². The van der Waals surface area contributed by atoms with Crippen molar-refractivity contribution in [3.05, 3.63) is 10.8 Å². The highest BCUT2D eigenvalue weighted by Gasteiger charge is 2.74. The maximum atomic E-state index is 11.7. The number of piperazine rings is 1. The Kier molecular flexibility index (Phi) is 2.71. The smallest absolute Gasteiger partial charge is 0.328 e. The van der Waals surface area contributed by atoms with E-state index in [9.17, 15) is 9.90 Å². The third-order valence-corrected chi connectivity index (χ3v) is 5.84. The molecule has 0 saturated carbocycles.